The SMILES string of the molecule is CCCc1cccc(-c2ccc(CCCC(P(=O)([O-])[O-])S(=O)(=O)[O-])cc2)c1.[K+].[K+].[K+]. The molecule has 2 aromatic rings. The Kier molecular flexibility index (Phi) is 20.1. The van der Waals surface area contributed by atoms with Crippen LogP contribution in [0.25, 0.3) is 11.1 Å². The summed E-state index contributed by atoms with van der Waals surface area (Å²) in [6.07, 6.45) is 2.09. The standard InChI is InChI=1S/C19H25O6PS.3K/c1-2-5-16-7-3-8-18(14-16)17-12-10-15(11-13-17)6-4-9-19(26(20,21)22)27(23,24)25;;;/h3,7-8,10-14,19H,2,4-6,9H2,1H3,(H2,20,21,22)(H,23,24,25);;;/q;3*+1/p-3. The first kappa shape index (κ1) is 35.6. The van der Waals surface area contributed by atoms with E-state index in [1.165, 1.54) is 5.56 Å². The molecule has 30 heavy (non-hydrogen) atoms. The third-order valence-electron chi connectivity index (χ3n) is 4.36. The third-order valence-corrected chi connectivity index (χ3v) is 7.77. The van der Waals surface area contributed by atoms with Crippen molar-refractivity contribution in [2.45, 2.75) is 44.0 Å². The van der Waals surface area contributed by atoms with Crippen LogP contribution in [0.5, 0.6) is 0 Å². The molecule has 0 heterocycles. The number of hydrogen-bond acceptors (Lipinski definition) is 6. The van der Waals surface area contributed by atoms with Gasteiger partial charge in [0.1, 0.15) is 10.1 Å². The van der Waals surface area contributed by atoms with Gasteiger partial charge in [0.2, 0.25) is 0 Å². The largest absolute Gasteiger partial charge is 1.00 e. The van der Waals surface area contributed by atoms with Crippen LogP contribution in [0.15, 0.2) is 48.5 Å². The molecule has 0 aromatic heterocycles. The molecule has 1 unspecified atom stereocenters. The maximum Gasteiger partial charge on any atom is 1.00 e. The fourth-order valence-electron chi connectivity index (χ4n) is 3.00. The normalized spacial score (nSPS) is 12.1. The van der Waals surface area contributed by atoms with Gasteiger partial charge in [0.05, 0.1) is 4.99 Å². The molecule has 0 fully saturated rings. The molecular weight excluding hydrogens is 505 g/mol. The summed E-state index contributed by atoms with van der Waals surface area (Å²) in [5.74, 6) is 0. The summed E-state index contributed by atoms with van der Waals surface area (Å²) in [7, 11) is -10.6. The smallest absolute Gasteiger partial charge is 0.810 e. The number of benzene rings is 2. The molecule has 0 radical (unpaired) electrons. The van der Waals surface area contributed by atoms with Crippen LogP contribution in [-0.4, -0.2) is 18.0 Å². The molecule has 0 spiro atoms. The van der Waals surface area contributed by atoms with Crippen molar-refractivity contribution < 1.29 is 181 Å². The Labute approximate surface area is 306 Å². The summed E-state index contributed by atoms with van der Waals surface area (Å²) >= 11 is 0. The van der Waals surface area contributed by atoms with Crippen molar-refractivity contribution in [2.24, 2.45) is 0 Å². The molecule has 0 bridgehead atoms. The molecule has 6 nitrogen and oxygen atoms in total. The zero-order valence-corrected chi connectivity index (χ0v) is 29.1. The Balaban J connectivity index is 0. The van der Waals surface area contributed by atoms with Crippen LogP contribution in [-0.2, 0) is 27.5 Å². The Morgan fingerprint density at radius 3 is 2.00 bits per heavy atom. The quantitative estimate of drug-likeness (QED) is 0.182. The second-order valence-corrected chi connectivity index (χ2v) is 10.1. The molecule has 0 N–H and O–H groups in total. The van der Waals surface area contributed by atoms with Crippen molar-refractivity contribution in [3.05, 3.63) is 59.7 Å². The van der Waals surface area contributed by atoms with Gasteiger partial charge in [-0.25, -0.2) is 8.42 Å². The monoisotopic (exact) mass is 526 g/mol. The average Bonchev–Trinajstić information content (AvgIpc) is 2.57. The van der Waals surface area contributed by atoms with E-state index in [9.17, 15) is 27.3 Å². The van der Waals surface area contributed by atoms with Crippen molar-refractivity contribution in [1.29, 1.82) is 0 Å². The minimum atomic E-state index is -5.48. The van der Waals surface area contributed by atoms with Crippen LogP contribution in [0.4, 0.5) is 0 Å². The Morgan fingerprint density at radius 1 is 0.900 bits per heavy atom. The van der Waals surface area contributed by atoms with Gasteiger partial charge in [-0.1, -0.05) is 69.5 Å². The summed E-state index contributed by atoms with van der Waals surface area (Å²) in [5.41, 5.74) is 4.28. The van der Waals surface area contributed by atoms with E-state index >= 15 is 0 Å². The maximum atomic E-state index is 11.0. The third kappa shape index (κ3) is 12.4. The first-order valence-corrected chi connectivity index (χ1v) is 11.8. The van der Waals surface area contributed by atoms with Gasteiger partial charge in [-0.3, -0.25) is 0 Å². The van der Waals surface area contributed by atoms with E-state index in [1.54, 1.807) is 0 Å². The number of hydrogen-bond donors (Lipinski definition) is 0. The van der Waals surface area contributed by atoms with E-state index in [2.05, 4.69) is 19.1 Å². The molecule has 0 aliphatic heterocycles. The van der Waals surface area contributed by atoms with E-state index in [0.717, 1.165) is 29.5 Å². The fourth-order valence-corrected chi connectivity index (χ4v) is 5.22. The van der Waals surface area contributed by atoms with Crippen molar-refractivity contribution in [2.75, 3.05) is 0 Å². The molecule has 1 atom stereocenters. The van der Waals surface area contributed by atoms with E-state index in [1.807, 2.05) is 36.4 Å². The molecule has 0 aliphatic carbocycles. The van der Waals surface area contributed by atoms with Crippen molar-refractivity contribution in [3.8, 4) is 11.1 Å². The van der Waals surface area contributed by atoms with E-state index in [0.29, 0.717) is 6.42 Å². The molecule has 11 heteroatoms. The van der Waals surface area contributed by atoms with Crippen LogP contribution in [0, 0.1) is 0 Å². The van der Waals surface area contributed by atoms with E-state index in [-0.39, 0.29) is 161 Å². The molecule has 0 aliphatic rings. The second kappa shape index (κ2) is 17.0. The van der Waals surface area contributed by atoms with Gasteiger partial charge >= 0.3 is 154 Å². The average molecular weight is 527 g/mol. The minimum Gasteiger partial charge on any atom is -0.810 e. The van der Waals surface area contributed by atoms with Gasteiger partial charge in [0.25, 0.3) is 0 Å². The van der Waals surface area contributed by atoms with Crippen LogP contribution in [0.1, 0.15) is 37.3 Å². The molecule has 0 saturated carbocycles. The topological polar surface area (TPSA) is 120 Å². The Bertz CT molecular complexity index is 916. The Hall–Kier alpha value is 3.41. The van der Waals surface area contributed by atoms with Crippen molar-refractivity contribution in [3.63, 3.8) is 0 Å². The summed E-state index contributed by atoms with van der Waals surface area (Å²) < 4.78 is 43.9. The molecule has 148 valence electrons. The van der Waals surface area contributed by atoms with Gasteiger partial charge in [0.15, 0.2) is 0 Å². The summed E-state index contributed by atoms with van der Waals surface area (Å²) in [4.78, 5) is 19.6. The van der Waals surface area contributed by atoms with E-state index in [4.69, 9.17) is 0 Å². The first-order valence-electron chi connectivity index (χ1n) is 8.76. The zero-order chi connectivity index (χ0) is 20.1. The molecule has 0 amide bonds. The van der Waals surface area contributed by atoms with Crippen molar-refractivity contribution in [1.82, 2.24) is 0 Å². The van der Waals surface area contributed by atoms with Crippen LogP contribution in [0.3, 0.4) is 0 Å². The molecule has 2 aromatic carbocycles. The number of aryl methyl sites for hydroxylation is 2. The van der Waals surface area contributed by atoms with Gasteiger partial charge in [-0.2, -0.15) is 0 Å². The maximum absolute atomic E-state index is 11.0. The number of rotatable bonds is 9. The summed E-state index contributed by atoms with van der Waals surface area (Å²) in [6.45, 7) is 2.13. The van der Waals surface area contributed by atoms with Gasteiger partial charge < -0.3 is 18.9 Å². The van der Waals surface area contributed by atoms with Crippen LogP contribution < -0.4 is 164 Å². The Morgan fingerprint density at radius 2 is 1.50 bits per heavy atom. The van der Waals surface area contributed by atoms with Gasteiger partial charge in [-0.05, 0) is 47.9 Å². The van der Waals surface area contributed by atoms with Crippen LogP contribution >= 0.6 is 7.60 Å². The zero-order valence-electron chi connectivity index (χ0n) is 18.0. The van der Waals surface area contributed by atoms with E-state index < -0.39 is 29.1 Å². The second-order valence-electron chi connectivity index (χ2n) is 6.53. The summed E-state index contributed by atoms with van der Waals surface area (Å²) in [5, 5.41) is 0. The predicted octanol–water partition coefficient (Wildman–Crippen LogP) is -6.57. The minimum absolute atomic E-state index is 0. The molecule has 0 saturated heterocycles. The van der Waals surface area contributed by atoms with Crippen LogP contribution in [0.2, 0.25) is 0 Å². The molecule has 2 rings (SSSR count). The summed E-state index contributed by atoms with van der Waals surface area (Å²) in [6, 6.07) is 15.9. The first-order chi connectivity index (χ1) is 12.6. The fraction of sp³-hybridized carbons (Fsp3) is 0.368. The van der Waals surface area contributed by atoms with Gasteiger partial charge in [0, 0.05) is 0 Å². The van der Waals surface area contributed by atoms with Crippen molar-refractivity contribution >= 4 is 17.7 Å². The predicted molar refractivity (Wildman–Crippen MR) is 99.9 cm³/mol. The van der Waals surface area contributed by atoms with Gasteiger partial charge in [-0.15, -0.1) is 0 Å². The molecular formula is C19H22K3O6PS.